The van der Waals surface area contributed by atoms with Gasteiger partial charge in [-0.2, -0.15) is 0 Å². The third-order valence-corrected chi connectivity index (χ3v) is 15.8. The molecule has 0 radical (unpaired) electrons. The fourth-order valence-electron chi connectivity index (χ4n) is 10.7. The van der Waals surface area contributed by atoms with E-state index in [4.69, 9.17) is 4.74 Å². The van der Waals surface area contributed by atoms with Crippen molar-refractivity contribution in [2.45, 2.75) is 392 Å². The summed E-state index contributed by atoms with van der Waals surface area (Å²) in [6.07, 6.45) is 77.0. The van der Waals surface area contributed by atoms with E-state index >= 15 is 0 Å². The summed E-state index contributed by atoms with van der Waals surface area (Å²) in [5.41, 5.74) is 0. The number of ether oxygens (including phenoxy) is 1. The van der Waals surface area contributed by atoms with Gasteiger partial charge in [0.15, 0.2) is 0 Å². The van der Waals surface area contributed by atoms with Crippen molar-refractivity contribution in [1.29, 1.82) is 0 Å². The van der Waals surface area contributed by atoms with E-state index < -0.39 is 12.1 Å². The maximum atomic E-state index is 12.4. The first kappa shape index (κ1) is 71.6. The van der Waals surface area contributed by atoms with Crippen LogP contribution in [0.5, 0.6) is 0 Å². The average molecular weight is 1030 g/mol. The zero-order chi connectivity index (χ0) is 52.9. The Hall–Kier alpha value is -1.40. The number of amides is 1. The minimum Gasteiger partial charge on any atom is -0.466 e. The van der Waals surface area contributed by atoms with Gasteiger partial charge in [0.2, 0.25) is 5.91 Å². The second kappa shape index (κ2) is 63.1. The average Bonchev–Trinajstić information content (AvgIpc) is 3.39. The van der Waals surface area contributed by atoms with E-state index in [1.54, 1.807) is 0 Å². The van der Waals surface area contributed by atoms with E-state index in [1.807, 2.05) is 0 Å². The molecule has 3 N–H and O–H groups in total. The maximum absolute atomic E-state index is 12.4. The van der Waals surface area contributed by atoms with E-state index in [2.05, 4.69) is 31.3 Å². The first-order valence-electron chi connectivity index (χ1n) is 33.4. The molecule has 6 nitrogen and oxygen atoms in total. The number of nitrogens with one attached hydrogen (secondary N) is 1. The number of aliphatic hydroxyl groups is 2. The van der Waals surface area contributed by atoms with Crippen LogP contribution in [0.1, 0.15) is 380 Å². The molecule has 0 saturated heterocycles. The molecule has 0 rings (SSSR count). The van der Waals surface area contributed by atoms with E-state index in [9.17, 15) is 19.8 Å². The molecule has 0 aliphatic carbocycles. The molecular formula is C67H131NO5. The Morgan fingerprint density at radius 1 is 0.370 bits per heavy atom. The van der Waals surface area contributed by atoms with E-state index in [1.165, 1.54) is 302 Å². The highest BCUT2D eigenvalue weighted by atomic mass is 16.5. The number of aliphatic hydroxyl groups excluding tert-OH is 2. The van der Waals surface area contributed by atoms with Crippen molar-refractivity contribution in [2.24, 2.45) is 0 Å². The summed E-state index contributed by atoms with van der Waals surface area (Å²) in [7, 11) is 0. The Bertz CT molecular complexity index is 1100. The summed E-state index contributed by atoms with van der Waals surface area (Å²) in [6, 6.07) is -0.535. The third-order valence-electron chi connectivity index (χ3n) is 15.8. The van der Waals surface area contributed by atoms with Crippen LogP contribution < -0.4 is 5.32 Å². The molecule has 0 heterocycles. The highest BCUT2D eigenvalue weighted by Gasteiger charge is 2.20. The molecule has 6 heteroatoms. The molecule has 0 fully saturated rings. The third kappa shape index (κ3) is 59.7. The first-order valence-corrected chi connectivity index (χ1v) is 33.4. The number of allylic oxidation sites excluding steroid dienone is 2. The lowest BCUT2D eigenvalue weighted by molar-refractivity contribution is -0.143. The van der Waals surface area contributed by atoms with Crippen LogP contribution >= 0.6 is 0 Å². The maximum Gasteiger partial charge on any atom is 0.305 e. The van der Waals surface area contributed by atoms with Gasteiger partial charge in [0.1, 0.15) is 0 Å². The van der Waals surface area contributed by atoms with Crippen molar-refractivity contribution in [1.82, 2.24) is 5.32 Å². The Morgan fingerprint density at radius 2 is 0.644 bits per heavy atom. The van der Waals surface area contributed by atoms with E-state index in [0.717, 1.165) is 44.9 Å². The molecule has 2 unspecified atom stereocenters. The van der Waals surface area contributed by atoms with Gasteiger partial charge in [-0.3, -0.25) is 9.59 Å². The van der Waals surface area contributed by atoms with Crippen LogP contribution in [0.2, 0.25) is 0 Å². The Balaban J connectivity index is 3.28. The second-order valence-electron chi connectivity index (χ2n) is 23.2. The topological polar surface area (TPSA) is 95.9 Å². The lowest BCUT2D eigenvalue weighted by Crippen LogP contribution is -2.45. The number of hydrogen-bond acceptors (Lipinski definition) is 5. The zero-order valence-electron chi connectivity index (χ0n) is 49.6. The highest BCUT2D eigenvalue weighted by Crippen LogP contribution is 2.19. The van der Waals surface area contributed by atoms with Crippen molar-refractivity contribution >= 4 is 11.9 Å². The smallest absolute Gasteiger partial charge is 0.305 e. The van der Waals surface area contributed by atoms with Crippen LogP contribution in [0.15, 0.2) is 12.2 Å². The number of carbonyl (C=O) groups is 2. The Morgan fingerprint density at radius 3 is 0.973 bits per heavy atom. The molecule has 0 aromatic carbocycles. The van der Waals surface area contributed by atoms with Crippen molar-refractivity contribution in [3.63, 3.8) is 0 Å². The number of esters is 1. The van der Waals surface area contributed by atoms with Crippen molar-refractivity contribution in [3.8, 4) is 0 Å². The number of unbranched alkanes of at least 4 members (excludes halogenated alkanes) is 50. The summed E-state index contributed by atoms with van der Waals surface area (Å²) >= 11 is 0. The van der Waals surface area contributed by atoms with Gasteiger partial charge in [-0.1, -0.05) is 328 Å². The molecule has 0 aromatic rings. The van der Waals surface area contributed by atoms with Crippen LogP contribution in [0.3, 0.4) is 0 Å². The Labute approximate surface area is 457 Å². The second-order valence-corrected chi connectivity index (χ2v) is 23.2. The van der Waals surface area contributed by atoms with E-state index in [0.29, 0.717) is 25.9 Å². The summed E-state index contributed by atoms with van der Waals surface area (Å²) < 4.78 is 5.50. The number of rotatable bonds is 63. The standard InChI is InChI=1S/C67H131NO5/c1-3-5-7-9-11-13-14-15-16-35-38-41-45-49-53-57-61-67(72)73-62-58-54-50-46-42-39-36-33-31-29-27-25-23-21-19-17-18-20-22-24-26-28-30-32-34-37-40-44-48-52-56-60-66(71)68-64(63-69)65(70)59-55-51-47-43-12-10-8-6-4-2/h16,35,64-65,69-70H,3-15,17-34,36-63H2,1-2H3,(H,68,71)/b35-16-. The zero-order valence-corrected chi connectivity index (χ0v) is 49.6. The fourth-order valence-corrected chi connectivity index (χ4v) is 10.7. The van der Waals surface area contributed by atoms with Crippen LogP contribution in [-0.4, -0.2) is 47.4 Å². The largest absolute Gasteiger partial charge is 0.466 e. The lowest BCUT2D eigenvalue weighted by Gasteiger charge is -2.22. The predicted octanol–water partition coefficient (Wildman–Crippen LogP) is 21.2. The molecule has 0 aliphatic rings. The SMILES string of the molecule is CCCCCCCCC/C=C\CCCCCCCC(=O)OCCCCCCCCCCCCCCCCCCCCCCCCCCCCCCCCCC(=O)NC(CO)C(O)CCCCCCCCCCC. The summed E-state index contributed by atoms with van der Waals surface area (Å²) in [5, 5.41) is 23.1. The van der Waals surface area contributed by atoms with Crippen LogP contribution in [0, 0.1) is 0 Å². The molecule has 73 heavy (non-hydrogen) atoms. The quantitative estimate of drug-likeness (QED) is 0.0320. The summed E-state index contributed by atoms with van der Waals surface area (Å²) in [5.74, 6) is -0.0175. The highest BCUT2D eigenvalue weighted by molar-refractivity contribution is 5.76. The van der Waals surface area contributed by atoms with Crippen LogP contribution in [-0.2, 0) is 14.3 Å². The molecule has 434 valence electrons. The first-order chi connectivity index (χ1) is 36.0. The molecule has 2 atom stereocenters. The predicted molar refractivity (Wildman–Crippen MR) is 320 cm³/mol. The van der Waals surface area contributed by atoms with Gasteiger partial charge in [0, 0.05) is 12.8 Å². The van der Waals surface area contributed by atoms with Gasteiger partial charge in [-0.05, 0) is 51.4 Å². The van der Waals surface area contributed by atoms with Gasteiger partial charge in [0.25, 0.3) is 0 Å². The Kier molecular flexibility index (Phi) is 61.9. The van der Waals surface area contributed by atoms with Crippen LogP contribution in [0.4, 0.5) is 0 Å². The minimum atomic E-state index is -0.658. The van der Waals surface area contributed by atoms with Crippen LogP contribution in [0.25, 0.3) is 0 Å². The summed E-state index contributed by atoms with van der Waals surface area (Å²) in [6.45, 7) is 4.96. The molecular weight excluding hydrogens is 899 g/mol. The molecule has 0 aliphatic heterocycles. The number of carbonyl (C=O) groups excluding carboxylic acids is 2. The van der Waals surface area contributed by atoms with Gasteiger partial charge in [-0.15, -0.1) is 0 Å². The molecule has 0 spiro atoms. The van der Waals surface area contributed by atoms with Crippen molar-refractivity contribution in [3.05, 3.63) is 12.2 Å². The molecule has 0 saturated carbocycles. The monoisotopic (exact) mass is 1030 g/mol. The fraction of sp³-hybridized carbons (Fsp3) is 0.940. The molecule has 1 amide bonds. The van der Waals surface area contributed by atoms with Crippen molar-refractivity contribution < 1.29 is 24.5 Å². The van der Waals surface area contributed by atoms with Gasteiger partial charge >= 0.3 is 5.97 Å². The summed E-state index contributed by atoms with van der Waals surface area (Å²) in [4.78, 5) is 24.5. The van der Waals surface area contributed by atoms with Gasteiger partial charge in [-0.25, -0.2) is 0 Å². The lowest BCUT2D eigenvalue weighted by atomic mass is 10.0. The van der Waals surface area contributed by atoms with E-state index in [-0.39, 0.29) is 18.5 Å². The van der Waals surface area contributed by atoms with Crippen molar-refractivity contribution in [2.75, 3.05) is 13.2 Å². The van der Waals surface area contributed by atoms with Gasteiger partial charge in [0.05, 0.1) is 25.4 Å². The molecule has 0 aromatic heterocycles. The van der Waals surface area contributed by atoms with Gasteiger partial charge < -0.3 is 20.3 Å². The number of hydrogen-bond donors (Lipinski definition) is 3. The minimum absolute atomic E-state index is 0.0139. The molecule has 0 bridgehead atoms. The normalized spacial score (nSPS) is 12.5.